The van der Waals surface area contributed by atoms with Crippen LogP contribution in [0.2, 0.25) is 0 Å². The number of carbonyl (C=O) groups is 4. The molecule has 0 fully saturated rings. The third-order valence-corrected chi connectivity index (χ3v) is 2.62. The van der Waals surface area contributed by atoms with Crippen LogP contribution in [0.1, 0.15) is 27.7 Å². The van der Waals surface area contributed by atoms with Crippen molar-refractivity contribution in [3.63, 3.8) is 0 Å². The Labute approximate surface area is 150 Å². The van der Waals surface area contributed by atoms with E-state index in [1.165, 1.54) is 27.7 Å². The Morgan fingerprint density at radius 2 is 0.769 bits per heavy atom. The molecule has 0 aromatic carbocycles. The van der Waals surface area contributed by atoms with Gasteiger partial charge < -0.3 is 29.2 Å². The van der Waals surface area contributed by atoms with Gasteiger partial charge in [-0.15, -0.1) is 0 Å². The van der Waals surface area contributed by atoms with Gasteiger partial charge in [-0.3, -0.25) is 0 Å². The molecule has 0 saturated carbocycles. The van der Waals surface area contributed by atoms with Gasteiger partial charge in [0.15, 0.2) is 0 Å². The van der Waals surface area contributed by atoms with E-state index in [1.807, 2.05) is 0 Å². The lowest BCUT2D eigenvalue weighted by Gasteiger charge is -2.14. The second kappa shape index (κ2) is 11.5. The predicted octanol–water partition coefficient (Wildman–Crippen LogP) is 0.863. The van der Waals surface area contributed by atoms with E-state index >= 15 is 0 Å². The maximum absolute atomic E-state index is 12.2. The quantitative estimate of drug-likeness (QED) is 0.196. The first-order valence-electron chi connectivity index (χ1n) is 7.81. The zero-order valence-electron chi connectivity index (χ0n) is 15.0. The van der Waals surface area contributed by atoms with Crippen LogP contribution in [0, 0.1) is 0 Å². The third kappa shape index (κ3) is 6.11. The zero-order valence-corrected chi connectivity index (χ0v) is 15.0. The van der Waals surface area contributed by atoms with Gasteiger partial charge in [-0.05, 0) is 27.7 Å². The van der Waals surface area contributed by atoms with Crippen LogP contribution in [0.3, 0.4) is 0 Å². The van der Waals surface area contributed by atoms with Gasteiger partial charge in [0.05, 0.1) is 26.4 Å². The Kier molecular flexibility index (Phi) is 10.2. The number of aliphatic hydroxyl groups is 2. The molecule has 0 atom stereocenters. The van der Waals surface area contributed by atoms with Crippen molar-refractivity contribution in [3.05, 3.63) is 22.7 Å². The van der Waals surface area contributed by atoms with Crippen LogP contribution in [-0.4, -0.2) is 60.5 Å². The maximum Gasteiger partial charge on any atom is 0.374 e. The molecule has 0 aromatic rings. The minimum absolute atomic E-state index is 0.151. The highest BCUT2D eigenvalue weighted by atomic mass is 16.6. The second-order valence-electron chi connectivity index (χ2n) is 4.33. The Morgan fingerprint density at radius 1 is 0.538 bits per heavy atom. The summed E-state index contributed by atoms with van der Waals surface area (Å²) in [6, 6.07) is 0. The van der Waals surface area contributed by atoms with Crippen LogP contribution in [0.15, 0.2) is 22.7 Å². The summed E-state index contributed by atoms with van der Waals surface area (Å²) >= 11 is 0. The highest BCUT2D eigenvalue weighted by molar-refractivity contribution is 6.14. The van der Waals surface area contributed by atoms with Gasteiger partial charge in [-0.1, -0.05) is 0 Å². The van der Waals surface area contributed by atoms with Crippen molar-refractivity contribution < 1.29 is 48.3 Å². The maximum atomic E-state index is 12.2. The molecule has 0 rings (SSSR count). The number of aliphatic hydroxyl groups excluding tert-OH is 2. The van der Waals surface area contributed by atoms with Crippen molar-refractivity contribution in [2.45, 2.75) is 27.7 Å². The molecule has 0 radical (unpaired) electrons. The number of hydrogen-bond donors (Lipinski definition) is 2. The Morgan fingerprint density at radius 3 is 1.00 bits per heavy atom. The summed E-state index contributed by atoms with van der Waals surface area (Å²) in [5.41, 5.74) is -2.15. The molecule has 146 valence electrons. The molecule has 26 heavy (non-hydrogen) atoms. The lowest BCUT2D eigenvalue weighted by Crippen LogP contribution is -2.25. The summed E-state index contributed by atoms with van der Waals surface area (Å²) in [6.07, 6.45) is 0. The largest absolute Gasteiger partial charge is 0.501 e. The lowest BCUT2D eigenvalue weighted by molar-refractivity contribution is -0.146. The summed E-state index contributed by atoms with van der Waals surface area (Å²) in [5.74, 6) is -8.09. The molecular formula is C16H22O10. The lowest BCUT2D eigenvalue weighted by atomic mass is 10.0. The molecule has 10 nitrogen and oxygen atoms in total. The number of carbonyl (C=O) groups excluding carboxylic acids is 4. The fourth-order valence-electron chi connectivity index (χ4n) is 1.64. The van der Waals surface area contributed by atoms with Crippen LogP contribution in [0.4, 0.5) is 0 Å². The van der Waals surface area contributed by atoms with Crippen molar-refractivity contribution >= 4 is 23.9 Å². The zero-order chi connectivity index (χ0) is 20.3. The molecule has 0 saturated heterocycles. The van der Waals surface area contributed by atoms with Crippen LogP contribution in [0.5, 0.6) is 0 Å². The molecule has 0 heterocycles. The molecule has 2 N–H and O–H groups in total. The van der Waals surface area contributed by atoms with Gasteiger partial charge in [0.1, 0.15) is 11.1 Å². The van der Waals surface area contributed by atoms with E-state index in [0.29, 0.717) is 0 Å². The van der Waals surface area contributed by atoms with Crippen molar-refractivity contribution in [2.24, 2.45) is 0 Å². The summed E-state index contributed by atoms with van der Waals surface area (Å²) in [5, 5.41) is 20.1. The predicted molar refractivity (Wildman–Crippen MR) is 85.8 cm³/mol. The molecule has 0 aromatic heterocycles. The van der Waals surface area contributed by atoms with Crippen LogP contribution in [0.25, 0.3) is 0 Å². The van der Waals surface area contributed by atoms with E-state index in [-0.39, 0.29) is 26.4 Å². The molecule has 10 heteroatoms. The van der Waals surface area contributed by atoms with Crippen molar-refractivity contribution in [1.82, 2.24) is 0 Å². The average molecular weight is 374 g/mol. The van der Waals surface area contributed by atoms with E-state index in [2.05, 4.69) is 18.9 Å². The fourth-order valence-corrected chi connectivity index (χ4v) is 1.64. The van der Waals surface area contributed by atoms with Crippen molar-refractivity contribution in [1.29, 1.82) is 0 Å². The molecule has 0 bridgehead atoms. The van der Waals surface area contributed by atoms with E-state index in [1.54, 1.807) is 0 Å². The molecular weight excluding hydrogens is 352 g/mol. The number of esters is 4. The summed E-state index contributed by atoms with van der Waals surface area (Å²) in [7, 11) is 0. The van der Waals surface area contributed by atoms with Crippen LogP contribution >= 0.6 is 0 Å². The van der Waals surface area contributed by atoms with Gasteiger partial charge in [0.25, 0.3) is 0 Å². The highest BCUT2D eigenvalue weighted by Gasteiger charge is 2.36. The monoisotopic (exact) mass is 374 g/mol. The third-order valence-electron chi connectivity index (χ3n) is 2.62. The minimum Gasteiger partial charge on any atom is -0.501 e. The SMILES string of the molecule is CCOC(=O)C(O)=C(C(=O)OCC)C(C(=O)OCC)=C(O)C(=O)OCC. The van der Waals surface area contributed by atoms with E-state index in [4.69, 9.17) is 0 Å². The van der Waals surface area contributed by atoms with Gasteiger partial charge in [0.2, 0.25) is 11.5 Å². The van der Waals surface area contributed by atoms with E-state index in [9.17, 15) is 29.4 Å². The number of ether oxygens (including phenoxy) is 4. The van der Waals surface area contributed by atoms with Crippen LogP contribution in [-0.2, 0) is 38.1 Å². The normalized spacial score (nSPS) is 12.3. The standard InChI is InChI=1S/C16H22O10/c1-5-23-13(19)9(11(17)15(21)25-7-3)10(14(20)24-6-2)12(18)16(22)26-8-4/h17-18H,5-8H2,1-4H3. The van der Waals surface area contributed by atoms with E-state index in [0.717, 1.165) is 0 Å². The van der Waals surface area contributed by atoms with Gasteiger partial charge in [0, 0.05) is 0 Å². The molecule has 0 spiro atoms. The highest BCUT2D eigenvalue weighted by Crippen LogP contribution is 2.22. The first-order chi connectivity index (χ1) is 12.3. The average Bonchev–Trinajstić information content (AvgIpc) is 2.59. The van der Waals surface area contributed by atoms with Gasteiger partial charge in [-0.2, -0.15) is 0 Å². The summed E-state index contributed by atoms with van der Waals surface area (Å²) in [6.45, 7) is 5.05. The Bertz CT molecular complexity index is 561. The van der Waals surface area contributed by atoms with Gasteiger partial charge in [-0.25, -0.2) is 19.2 Å². The van der Waals surface area contributed by atoms with Gasteiger partial charge >= 0.3 is 23.9 Å². The number of rotatable bonds is 9. The Balaban J connectivity index is 6.61. The Hall–Kier alpha value is -3.04. The summed E-state index contributed by atoms with van der Waals surface area (Å²) in [4.78, 5) is 47.9. The fraction of sp³-hybridized carbons (Fsp3) is 0.500. The second-order valence-corrected chi connectivity index (χ2v) is 4.33. The topological polar surface area (TPSA) is 146 Å². The first kappa shape index (κ1) is 23.0. The smallest absolute Gasteiger partial charge is 0.374 e. The molecule has 0 amide bonds. The molecule has 0 aliphatic carbocycles. The molecule has 0 aliphatic rings. The summed E-state index contributed by atoms with van der Waals surface area (Å²) < 4.78 is 18.5. The van der Waals surface area contributed by atoms with Crippen molar-refractivity contribution in [2.75, 3.05) is 26.4 Å². The molecule has 0 aliphatic heterocycles. The van der Waals surface area contributed by atoms with Crippen molar-refractivity contribution in [3.8, 4) is 0 Å². The molecule has 0 unspecified atom stereocenters. The van der Waals surface area contributed by atoms with Crippen LogP contribution < -0.4 is 0 Å². The first-order valence-corrected chi connectivity index (χ1v) is 7.81. The van der Waals surface area contributed by atoms with E-state index < -0.39 is 46.5 Å². The minimum atomic E-state index is -1.37. The number of hydrogen-bond acceptors (Lipinski definition) is 10.